The molecule has 0 aliphatic rings. The number of nitrogens with one attached hydrogen (secondary N) is 1. The largest absolute Gasteiger partial charge is 0.478 e. The Balaban J connectivity index is 1.95. The van der Waals surface area contributed by atoms with Gasteiger partial charge in [-0.25, -0.2) is 4.98 Å². The van der Waals surface area contributed by atoms with Gasteiger partial charge in [-0.05, 0) is 30.7 Å². The van der Waals surface area contributed by atoms with E-state index in [1.807, 2.05) is 37.3 Å². The van der Waals surface area contributed by atoms with Crippen molar-refractivity contribution >= 4 is 23.6 Å². The molecule has 0 atom stereocenters. The number of nitrogens with zero attached hydrogens (tertiary/aromatic N) is 1. The molecule has 5 heteroatoms. The second-order valence-corrected chi connectivity index (χ2v) is 4.88. The van der Waals surface area contributed by atoms with Crippen LogP contribution in [0, 0.1) is 0 Å². The van der Waals surface area contributed by atoms with E-state index in [1.54, 1.807) is 18.3 Å². The van der Waals surface area contributed by atoms with Crippen LogP contribution in [0.4, 0.5) is 0 Å². The summed E-state index contributed by atoms with van der Waals surface area (Å²) in [6, 6.07) is 11.0. The molecular weight excluding hydrogens is 300 g/mol. The Hall–Kier alpha value is -2.33. The zero-order valence-electron chi connectivity index (χ0n) is 12.3. The van der Waals surface area contributed by atoms with Crippen LogP contribution in [0.25, 0.3) is 6.08 Å². The number of hydrogen-bond donors (Lipinski definition) is 1. The summed E-state index contributed by atoms with van der Waals surface area (Å²) < 4.78 is 5.42. The Morgan fingerprint density at radius 3 is 2.91 bits per heavy atom. The quantitative estimate of drug-likeness (QED) is 0.830. The lowest BCUT2D eigenvalue weighted by Gasteiger charge is -2.08. The molecule has 2 aromatic rings. The van der Waals surface area contributed by atoms with Gasteiger partial charge in [-0.15, -0.1) is 0 Å². The number of rotatable bonds is 6. The second-order valence-electron chi connectivity index (χ2n) is 4.47. The van der Waals surface area contributed by atoms with E-state index in [2.05, 4.69) is 10.3 Å². The molecule has 0 unspecified atom stereocenters. The van der Waals surface area contributed by atoms with E-state index in [0.29, 0.717) is 24.1 Å². The molecule has 0 radical (unpaired) electrons. The Morgan fingerprint density at radius 1 is 1.32 bits per heavy atom. The van der Waals surface area contributed by atoms with Crippen molar-refractivity contribution in [2.45, 2.75) is 13.5 Å². The van der Waals surface area contributed by atoms with Crippen LogP contribution in [-0.2, 0) is 11.3 Å². The van der Waals surface area contributed by atoms with Crippen molar-refractivity contribution in [1.29, 1.82) is 0 Å². The Morgan fingerprint density at radius 2 is 2.14 bits per heavy atom. The molecule has 114 valence electrons. The minimum Gasteiger partial charge on any atom is -0.478 e. The SMILES string of the molecule is CCOc1ncccc1CNC(=O)C=Cc1ccccc1Cl. The molecule has 1 heterocycles. The fourth-order valence-corrected chi connectivity index (χ4v) is 2.04. The number of aromatic nitrogens is 1. The third-order valence-electron chi connectivity index (χ3n) is 2.90. The van der Waals surface area contributed by atoms with E-state index < -0.39 is 0 Å². The van der Waals surface area contributed by atoms with Crippen molar-refractivity contribution in [3.05, 3.63) is 64.8 Å². The van der Waals surface area contributed by atoms with Crippen molar-refractivity contribution in [3.63, 3.8) is 0 Å². The summed E-state index contributed by atoms with van der Waals surface area (Å²) in [7, 11) is 0. The summed E-state index contributed by atoms with van der Waals surface area (Å²) in [5.74, 6) is 0.339. The zero-order valence-corrected chi connectivity index (χ0v) is 13.0. The summed E-state index contributed by atoms with van der Waals surface area (Å²) in [6.07, 6.45) is 4.80. The maximum atomic E-state index is 11.9. The highest BCUT2D eigenvalue weighted by Crippen LogP contribution is 2.16. The van der Waals surface area contributed by atoms with Crippen LogP contribution in [0.2, 0.25) is 5.02 Å². The maximum Gasteiger partial charge on any atom is 0.244 e. The van der Waals surface area contributed by atoms with E-state index in [9.17, 15) is 4.79 Å². The second kappa shape index (κ2) is 8.20. The number of halogens is 1. The Bertz CT molecular complexity index is 671. The van der Waals surface area contributed by atoms with Crippen molar-refractivity contribution in [2.75, 3.05) is 6.61 Å². The molecule has 1 aromatic heterocycles. The lowest BCUT2D eigenvalue weighted by atomic mass is 10.2. The minimum atomic E-state index is -0.203. The van der Waals surface area contributed by atoms with Crippen LogP contribution in [0.3, 0.4) is 0 Å². The number of amides is 1. The monoisotopic (exact) mass is 316 g/mol. The molecule has 0 aliphatic carbocycles. The molecule has 0 fully saturated rings. The molecule has 1 N–H and O–H groups in total. The third kappa shape index (κ3) is 4.60. The van der Waals surface area contributed by atoms with E-state index in [0.717, 1.165) is 11.1 Å². The number of benzene rings is 1. The van der Waals surface area contributed by atoms with Gasteiger partial charge in [0.1, 0.15) is 0 Å². The highest BCUT2D eigenvalue weighted by molar-refractivity contribution is 6.32. The molecule has 1 amide bonds. The van der Waals surface area contributed by atoms with Crippen LogP contribution < -0.4 is 10.1 Å². The van der Waals surface area contributed by atoms with Gasteiger partial charge >= 0.3 is 0 Å². The molecular formula is C17H17ClN2O2. The lowest BCUT2D eigenvalue weighted by molar-refractivity contribution is -0.116. The van der Waals surface area contributed by atoms with Gasteiger partial charge in [0.25, 0.3) is 0 Å². The first-order valence-corrected chi connectivity index (χ1v) is 7.35. The topological polar surface area (TPSA) is 51.2 Å². The predicted octanol–water partition coefficient (Wildman–Crippen LogP) is 3.46. The van der Waals surface area contributed by atoms with Crippen molar-refractivity contribution in [2.24, 2.45) is 0 Å². The minimum absolute atomic E-state index is 0.203. The van der Waals surface area contributed by atoms with Crippen LogP contribution in [0.5, 0.6) is 5.88 Å². The summed E-state index contributed by atoms with van der Waals surface area (Å²) in [6.45, 7) is 2.78. The molecule has 0 saturated heterocycles. The summed E-state index contributed by atoms with van der Waals surface area (Å²) >= 11 is 6.03. The maximum absolute atomic E-state index is 11.9. The average molecular weight is 317 g/mol. The van der Waals surface area contributed by atoms with Gasteiger partial charge in [0.2, 0.25) is 11.8 Å². The molecule has 22 heavy (non-hydrogen) atoms. The fraction of sp³-hybridized carbons (Fsp3) is 0.176. The Labute approximate surface area is 134 Å². The standard InChI is InChI=1S/C17H17ClN2O2/c1-2-22-17-14(7-5-11-19-17)12-20-16(21)10-9-13-6-3-4-8-15(13)18/h3-11H,2,12H2,1H3,(H,20,21). The number of carbonyl (C=O) groups is 1. The smallest absolute Gasteiger partial charge is 0.244 e. The van der Waals surface area contributed by atoms with Crippen LogP contribution in [-0.4, -0.2) is 17.5 Å². The van der Waals surface area contributed by atoms with Crippen molar-refractivity contribution in [1.82, 2.24) is 10.3 Å². The summed E-state index contributed by atoms with van der Waals surface area (Å²) in [5, 5.41) is 3.41. The molecule has 1 aromatic carbocycles. The summed E-state index contributed by atoms with van der Waals surface area (Å²) in [5.41, 5.74) is 1.64. The van der Waals surface area contributed by atoms with Gasteiger partial charge in [-0.1, -0.05) is 35.9 Å². The summed E-state index contributed by atoms with van der Waals surface area (Å²) in [4.78, 5) is 16.0. The van der Waals surface area contributed by atoms with Crippen LogP contribution in [0.1, 0.15) is 18.1 Å². The molecule has 0 bridgehead atoms. The highest BCUT2D eigenvalue weighted by atomic mass is 35.5. The van der Waals surface area contributed by atoms with Gasteiger partial charge in [0.15, 0.2) is 0 Å². The van der Waals surface area contributed by atoms with Crippen molar-refractivity contribution < 1.29 is 9.53 Å². The van der Waals surface area contributed by atoms with Crippen LogP contribution >= 0.6 is 11.6 Å². The van der Waals surface area contributed by atoms with E-state index in [-0.39, 0.29) is 5.91 Å². The first-order valence-electron chi connectivity index (χ1n) is 6.98. The van der Waals surface area contributed by atoms with Gasteiger partial charge in [-0.2, -0.15) is 0 Å². The molecule has 0 aliphatic heterocycles. The first kappa shape index (κ1) is 16.0. The first-order chi connectivity index (χ1) is 10.7. The number of ether oxygens (including phenoxy) is 1. The number of pyridine rings is 1. The van der Waals surface area contributed by atoms with E-state index >= 15 is 0 Å². The number of carbonyl (C=O) groups excluding carboxylic acids is 1. The van der Waals surface area contributed by atoms with Gasteiger partial charge in [0, 0.05) is 29.4 Å². The van der Waals surface area contributed by atoms with Gasteiger partial charge < -0.3 is 10.1 Å². The fourth-order valence-electron chi connectivity index (χ4n) is 1.84. The van der Waals surface area contributed by atoms with Crippen LogP contribution in [0.15, 0.2) is 48.7 Å². The Kier molecular flexibility index (Phi) is 5.98. The highest BCUT2D eigenvalue weighted by Gasteiger charge is 2.05. The van der Waals surface area contributed by atoms with Crippen molar-refractivity contribution in [3.8, 4) is 5.88 Å². The molecule has 4 nitrogen and oxygen atoms in total. The zero-order chi connectivity index (χ0) is 15.8. The van der Waals surface area contributed by atoms with E-state index in [4.69, 9.17) is 16.3 Å². The lowest BCUT2D eigenvalue weighted by Crippen LogP contribution is -2.20. The predicted molar refractivity (Wildman–Crippen MR) is 87.7 cm³/mol. The molecule has 2 rings (SSSR count). The van der Waals surface area contributed by atoms with Gasteiger partial charge in [-0.3, -0.25) is 4.79 Å². The number of hydrogen-bond acceptors (Lipinski definition) is 3. The van der Waals surface area contributed by atoms with E-state index in [1.165, 1.54) is 6.08 Å². The molecule has 0 spiro atoms. The van der Waals surface area contributed by atoms with Gasteiger partial charge in [0.05, 0.1) is 6.61 Å². The third-order valence-corrected chi connectivity index (χ3v) is 3.25. The normalized spacial score (nSPS) is 10.6. The average Bonchev–Trinajstić information content (AvgIpc) is 2.53. The molecule has 0 saturated carbocycles.